The molecule has 1 unspecified atom stereocenters. The predicted molar refractivity (Wildman–Crippen MR) is 99.2 cm³/mol. The molecular formula is C20H20N2O5. The van der Waals surface area contributed by atoms with Crippen molar-refractivity contribution >= 4 is 23.2 Å². The largest absolute Gasteiger partial charge is 0.478 e. The van der Waals surface area contributed by atoms with Gasteiger partial charge in [-0.1, -0.05) is 26.0 Å². The van der Waals surface area contributed by atoms with Gasteiger partial charge in [0.2, 0.25) is 12.7 Å². The molecule has 0 radical (unpaired) electrons. The number of ether oxygens (including phenoxy) is 3. The highest BCUT2D eigenvalue weighted by Crippen LogP contribution is 2.36. The maximum atomic E-state index is 12.9. The van der Waals surface area contributed by atoms with Crippen LogP contribution < -0.4 is 24.4 Å². The summed E-state index contributed by atoms with van der Waals surface area (Å²) in [7, 11) is 0. The minimum absolute atomic E-state index is 0.00900. The van der Waals surface area contributed by atoms with Gasteiger partial charge in [-0.15, -0.1) is 0 Å². The summed E-state index contributed by atoms with van der Waals surface area (Å²) < 4.78 is 16.4. The number of fused-ring (bicyclic) bond motifs is 2. The van der Waals surface area contributed by atoms with E-state index in [0.29, 0.717) is 28.6 Å². The number of carbonyl (C=O) groups is 2. The third kappa shape index (κ3) is 3.28. The third-order valence-electron chi connectivity index (χ3n) is 4.48. The number of nitrogens with one attached hydrogen (secondary N) is 1. The summed E-state index contributed by atoms with van der Waals surface area (Å²) >= 11 is 0. The van der Waals surface area contributed by atoms with Crippen LogP contribution >= 0.6 is 0 Å². The molecule has 0 spiro atoms. The van der Waals surface area contributed by atoms with E-state index >= 15 is 0 Å². The van der Waals surface area contributed by atoms with Crippen molar-refractivity contribution in [2.24, 2.45) is 5.92 Å². The van der Waals surface area contributed by atoms with Gasteiger partial charge in [-0.25, -0.2) is 0 Å². The molecule has 0 bridgehead atoms. The van der Waals surface area contributed by atoms with Crippen LogP contribution in [0.1, 0.15) is 13.8 Å². The van der Waals surface area contributed by atoms with Crippen molar-refractivity contribution in [1.82, 2.24) is 0 Å². The van der Waals surface area contributed by atoms with Gasteiger partial charge in [0, 0.05) is 11.8 Å². The van der Waals surface area contributed by atoms with E-state index in [0.717, 1.165) is 0 Å². The Morgan fingerprint density at radius 3 is 2.74 bits per heavy atom. The smallest absolute Gasteiger partial charge is 0.268 e. The first kappa shape index (κ1) is 17.2. The van der Waals surface area contributed by atoms with Crippen molar-refractivity contribution < 1.29 is 23.8 Å². The monoisotopic (exact) mass is 368 g/mol. The maximum Gasteiger partial charge on any atom is 0.268 e. The number of hydrogen-bond donors (Lipinski definition) is 1. The van der Waals surface area contributed by atoms with E-state index in [1.807, 2.05) is 26.0 Å². The van der Waals surface area contributed by atoms with Gasteiger partial charge in [0.05, 0.1) is 5.69 Å². The molecule has 0 saturated carbocycles. The Balaban J connectivity index is 1.53. The van der Waals surface area contributed by atoms with Crippen molar-refractivity contribution in [3.05, 3.63) is 42.5 Å². The highest BCUT2D eigenvalue weighted by molar-refractivity contribution is 6.06. The SMILES string of the molecule is CC(C)C1Oc2ccccc2N(CC(=O)Nc2ccc3c(c2)OCO3)C1=O. The maximum absolute atomic E-state index is 12.9. The normalized spacial score (nSPS) is 17.5. The highest BCUT2D eigenvalue weighted by Gasteiger charge is 2.37. The fourth-order valence-electron chi connectivity index (χ4n) is 3.14. The molecule has 2 aliphatic heterocycles. The van der Waals surface area contributed by atoms with Crippen LogP contribution in [0.4, 0.5) is 11.4 Å². The number of amides is 2. The zero-order valence-corrected chi connectivity index (χ0v) is 15.1. The van der Waals surface area contributed by atoms with E-state index in [4.69, 9.17) is 14.2 Å². The molecule has 0 saturated heterocycles. The van der Waals surface area contributed by atoms with Crippen LogP contribution in [0, 0.1) is 5.92 Å². The highest BCUT2D eigenvalue weighted by atomic mass is 16.7. The van der Waals surface area contributed by atoms with E-state index < -0.39 is 6.10 Å². The molecule has 0 fully saturated rings. The summed E-state index contributed by atoms with van der Waals surface area (Å²) in [5.41, 5.74) is 1.18. The molecule has 7 heteroatoms. The first-order valence-corrected chi connectivity index (χ1v) is 8.79. The molecule has 7 nitrogen and oxygen atoms in total. The van der Waals surface area contributed by atoms with Crippen molar-refractivity contribution in [2.45, 2.75) is 20.0 Å². The second-order valence-corrected chi connectivity index (χ2v) is 6.79. The number of rotatable bonds is 4. The molecule has 0 aromatic heterocycles. The number of hydrogen-bond acceptors (Lipinski definition) is 5. The van der Waals surface area contributed by atoms with Gasteiger partial charge in [0.1, 0.15) is 12.3 Å². The molecule has 4 rings (SSSR count). The van der Waals surface area contributed by atoms with Crippen LogP contribution in [-0.2, 0) is 9.59 Å². The van der Waals surface area contributed by atoms with E-state index in [-0.39, 0.29) is 31.1 Å². The topological polar surface area (TPSA) is 77.1 Å². The Hall–Kier alpha value is -3.22. The quantitative estimate of drug-likeness (QED) is 0.898. The first-order valence-electron chi connectivity index (χ1n) is 8.79. The number of carbonyl (C=O) groups excluding carboxylic acids is 2. The number of anilines is 2. The van der Waals surface area contributed by atoms with Crippen molar-refractivity contribution in [1.29, 1.82) is 0 Å². The summed E-state index contributed by atoms with van der Waals surface area (Å²) in [5, 5.41) is 2.81. The predicted octanol–water partition coefficient (Wildman–Crippen LogP) is 2.80. The summed E-state index contributed by atoms with van der Waals surface area (Å²) in [5.74, 6) is 1.30. The average molecular weight is 368 g/mol. The molecule has 1 N–H and O–H groups in total. The Morgan fingerprint density at radius 1 is 1.15 bits per heavy atom. The lowest BCUT2D eigenvalue weighted by atomic mass is 10.0. The lowest BCUT2D eigenvalue weighted by Crippen LogP contribution is -2.50. The summed E-state index contributed by atoms with van der Waals surface area (Å²) in [4.78, 5) is 26.9. The fraction of sp³-hybridized carbons (Fsp3) is 0.300. The first-order chi connectivity index (χ1) is 13.0. The zero-order chi connectivity index (χ0) is 19.0. The van der Waals surface area contributed by atoms with Gasteiger partial charge in [-0.3, -0.25) is 14.5 Å². The summed E-state index contributed by atoms with van der Waals surface area (Å²) in [6.07, 6.45) is -0.613. The Kier molecular flexibility index (Phi) is 4.35. The zero-order valence-electron chi connectivity index (χ0n) is 15.1. The van der Waals surface area contributed by atoms with Crippen LogP contribution in [0.15, 0.2) is 42.5 Å². The van der Waals surface area contributed by atoms with Gasteiger partial charge < -0.3 is 19.5 Å². The van der Waals surface area contributed by atoms with Crippen LogP contribution in [-0.4, -0.2) is 31.3 Å². The number of nitrogens with zero attached hydrogens (tertiary/aromatic N) is 1. The van der Waals surface area contributed by atoms with Crippen molar-refractivity contribution in [3.63, 3.8) is 0 Å². The average Bonchev–Trinajstić information content (AvgIpc) is 3.11. The minimum atomic E-state index is -0.613. The van der Waals surface area contributed by atoms with Crippen LogP contribution in [0.5, 0.6) is 17.2 Å². The molecule has 2 aliphatic rings. The van der Waals surface area contributed by atoms with Gasteiger partial charge in [0.15, 0.2) is 17.6 Å². The van der Waals surface area contributed by atoms with Gasteiger partial charge >= 0.3 is 0 Å². The van der Waals surface area contributed by atoms with Gasteiger partial charge in [-0.2, -0.15) is 0 Å². The van der Waals surface area contributed by atoms with Crippen molar-refractivity contribution in [3.8, 4) is 17.2 Å². The lowest BCUT2D eigenvalue weighted by molar-refractivity contribution is -0.129. The van der Waals surface area contributed by atoms with E-state index in [1.165, 1.54) is 4.90 Å². The Labute approximate surface area is 156 Å². The second kappa shape index (κ2) is 6.83. The molecule has 2 aromatic carbocycles. The Morgan fingerprint density at radius 2 is 1.93 bits per heavy atom. The van der Waals surface area contributed by atoms with E-state index in [2.05, 4.69) is 5.32 Å². The molecule has 27 heavy (non-hydrogen) atoms. The second-order valence-electron chi connectivity index (χ2n) is 6.79. The standard InChI is InChI=1S/C20H20N2O5/c1-12(2)19-20(24)22(14-5-3-4-6-15(14)27-19)10-18(23)21-13-7-8-16-17(9-13)26-11-25-16/h3-9,12,19H,10-11H2,1-2H3,(H,21,23). The molecule has 2 aromatic rings. The van der Waals surface area contributed by atoms with Crippen LogP contribution in [0.2, 0.25) is 0 Å². The van der Waals surface area contributed by atoms with Gasteiger partial charge in [0.25, 0.3) is 5.91 Å². The molecule has 140 valence electrons. The molecular weight excluding hydrogens is 348 g/mol. The Bertz CT molecular complexity index is 896. The third-order valence-corrected chi connectivity index (χ3v) is 4.48. The summed E-state index contributed by atoms with van der Waals surface area (Å²) in [6, 6.07) is 12.4. The van der Waals surface area contributed by atoms with Crippen LogP contribution in [0.3, 0.4) is 0 Å². The number of benzene rings is 2. The lowest BCUT2D eigenvalue weighted by Gasteiger charge is -2.35. The minimum Gasteiger partial charge on any atom is -0.478 e. The molecule has 0 aliphatic carbocycles. The van der Waals surface area contributed by atoms with Gasteiger partial charge in [-0.05, 0) is 30.2 Å². The molecule has 2 amide bonds. The van der Waals surface area contributed by atoms with E-state index in [9.17, 15) is 9.59 Å². The van der Waals surface area contributed by atoms with Crippen LogP contribution in [0.25, 0.3) is 0 Å². The summed E-state index contributed by atoms with van der Waals surface area (Å²) in [6.45, 7) is 3.90. The fourth-order valence-corrected chi connectivity index (χ4v) is 3.14. The number of para-hydroxylation sites is 2. The molecule has 1 atom stereocenters. The van der Waals surface area contributed by atoms with Crippen molar-refractivity contribution in [2.75, 3.05) is 23.6 Å². The molecule has 2 heterocycles. The van der Waals surface area contributed by atoms with E-state index in [1.54, 1.807) is 30.3 Å².